The van der Waals surface area contributed by atoms with E-state index in [4.69, 9.17) is 4.74 Å². The highest BCUT2D eigenvalue weighted by atomic mass is 32.1. The maximum atomic E-state index is 11.9. The van der Waals surface area contributed by atoms with E-state index in [1.165, 1.54) is 11.3 Å². The SMILES string of the molecule is CCOC(=O)CC(=O)Cc1sc(-c2ccccc2)nc1C. The zero-order valence-electron chi connectivity index (χ0n) is 12.1. The van der Waals surface area contributed by atoms with E-state index in [0.29, 0.717) is 6.61 Å². The van der Waals surface area contributed by atoms with Crippen molar-refractivity contribution in [3.8, 4) is 10.6 Å². The number of hydrogen-bond donors (Lipinski definition) is 0. The smallest absolute Gasteiger partial charge is 0.313 e. The van der Waals surface area contributed by atoms with E-state index in [-0.39, 0.29) is 18.6 Å². The molecule has 0 aliphatic carbocycles. The molecule has 0 saturated carbocycles. The fourth-order valence-electron chi connectivity index (χ4n) is 1.91. The number of ketones is 1. The first-order valence-corrected chi connectivity index (χ1v) is 7.61. The van der Waals surface area contributed by atoms with Crippen LogP contribution in [0.2, 0.25) is 0 Å². The van der Waals surface area contributed by atoms with Crippen LogP contribution < -0.4 is 0 Å². The van der Waals surface area contributed by atoms with Gasteiger partial charge in [-0.3, -0.25) is 9.59 Å². The van der Waals surface area contributed by atoms with E-state index in [0.717, 1.165) is 21.1 Å². The summed E-state index contributed by atoms with van der Waals surface area (Å²) in [5.41, 5.74) is 1.88. The Bertz CT molecular complexity index is 634. The molecule has 21 heavy (non-hydrogen) atoms. The van der Waals surface area contributed by atoms with E-state index < -0.39 is 5.97 Å². The van der Waals surface area contributed by atoms with Gasteiger partial charge in [-0.15, -0.1) is 11.3 Å². The molecule has 2 rings (SSSR count). The van der Waals surface area contributed by atoms with Crippen LogP contribution in [0.1, 0.15) is 23.9 Å². The Kier molecular flexibility index (Phi) is 5.22. The average Bonchev–Trinajstić information content (AvgIpc) is 2.81. The van der Waals surface area contributed by atoms with Gasteiger partial charge in [-0.25, -0.2) is 4.98 Å². The van der Waals surface area contributed by atoms with Gasteiger partial charge in [0.1, 0.15) is 17.2 Å². The molecular weight excluding hydrogens is 286 g/mol. The lowest BCUT2D eigenvalue weighted by molar-refractivity contribution is -0.145. The maximum absolute atomic E-state index is 11.9. The minimum absolute atomic E-state index is 0.139. The quantitative estimate of drug-likeness (QED) is 0.607. The van der Waals surface area contributed by atoms with E-state index in [1.54, 1.807) is 6.92 Å². The molecule has 0 bridgehead atoms. The molecule has 1 heterocycles. The van der Waals surface area contributed by atoms with Crippen LogP contribution in [0.25, 0.3) is 10.6 Å². The van der Waals surface area contributed by atoms with Gasteiger partial charge in [0, 0.05) is 16.9 Å². The molecule has 0 fully saturated rings. The third-order valence-corrected chi connectivity index (χ3v) is 4.12. The second-order valence-corrected chi connectivity index (χ2v) is 5.67. The second kappa shape index (κ2) is 7.13. The highest BCUT2D eigenvalue weighted by Gasteiger charge is 2.15. The molecule has 5 heteroatoms. The van der Waals surface area contributed by atoms with Crippen LogP contribution >= 0.6 is 11.3 Å². The van der Waals surface area contributed by atoms with Crippen molar-refractivity contribution in [1.29, 1.82) is 0 Å². The van der Waals surface area contributed by atoms with E-state index in [2.05, 4.69) is 4.98 Å². The normalized spacial score (nSPS) is 10.4. The molecule has 0 aliphatic heterocycles. The molecular formula is C16H17NO3S. The van der Waals surface area contributed by atoms with Crippen molar-refractivity contribution in [2.45, 2.75) is 26.7 Å². The van der Waals surface area contributed by atoms with Crippen LogP contribution in [0.4, 0.5) is 0 Å². The van der Waals surface area contributed by atoms with Crippen molar-refractivity contribution in [2.24, 2.45) is 0 Å². The summed E-state index contributed by atoms with van der Waals surface area (Å²) in [5, 5.41) is 0.895. The lowest BCUT2D eigenvalue weighted by atomic mass is 10.2. The number of thiazole rings is 1. The minimum atomic E-state index is -0.465. The highest BCUT2D eigenvalue weighted by Crippen LogP contribution is 2.28. The molecule has 0 radical (unpaired) electrons. The molecule has 2 aromatic rings. The predicted molar refractivity (Wildman–Crippen MR) is 82.2 cm³/mol. The molecule has 1 aromatic heterocycles. The number of Topliss-reactive ketones (excluding diaryl/α,β-unsaturated/α-hetero) is 1. The molecule has 0 saturated heterocycles. The first kappa shape index (κ1) is 15.4. The first-order valence-electron chi connectivity index (χ1n) is 6.79. The second-order valence-electron chi connectivity index (χ2n) is 4.59. The zero-order valence-corrected chi connectivity index (χ0v) is 12.9. The number of carbonyl (C=O) groups excluding carboxylic acids is 2. The number of nitrogens with zero attached hydrogens (tertiary/aromatic N) is 1. The Morgan fingerprint density at radius 3 is 2.62 bits per heavy atom. The Morgan fingerprint density at radius 1 is 1.24 bits per heavy atom. The highest BCUT2D eigenvalue weighted by molar-refractivity contribution is 7.15. The van der Waals surface area contributed by atoms with Crippen LogP contribution in [-0.4, -0.2) is 23.3 Å². The lowest BCUT2D eigenvalue weighted by Gasteiger charge is -2.00. The standard InChI is InChI=1S/C16H17NO3S/c1-3-20-15(19)10-13(18)9-14-11(2)17-16(21-14)12-7-5-4-6-8-12/h4-8H,3,9-10H2,1-2H3. The van der Waals surface area contributed by atoms with Gasteiger partial charge in [-0.1, -0.05) is 30.3 Å². The summed E-state index contributed by atoms with van der Waals surface area (Å²) in [7, 11) is 0. The molecule has 4 nitrogen and oxygen atoms in total. The maximum Gasteiger partial charge on any atom is 0.313 e. The molecule has 0 amide bonds. The lowest BCUT2D eigenvalue weighted by Crippen LogP contribution is -2.12. The third-order valence-electron chi connectivity index (χ3n) is 2.92. The summed E-state index contributed by atoms with van der Waals surface area (Å²) in [6.45, 7) is 3.90. The summed E-state index contributed by atoms with van der Waals surface area (Å²) < 4.78 is 4.78. The Balaban J connectivity index is 2.06. The molecule has 110 valence electrons. The van der Waals surface area contributed by atoms with Crippen molar-refractivity contribution < 1.29 is 14.3 Å². The Hall–Kier alpha value is -2.01. The fraction of sp³-hybridized carbons (Fsp3) is 0.312. The molecule has 0 N–H and O–H groups in total. The number of rotatable bonds is 6. The minimum Gasteiger partial charge on any atom is -0.466 e. The third kappa shape index (κ3) is 4.23. The van der Waals surface area contributed by atoms with Gasteiger partial charge in [-0.2, -0.15) is 0 Å². The van der Waals surface area contributed by atoms with Crippen molar-refractivity contribution in [2.75, 3.05) is 6.61 Å². The topological polar surface area (TPSA) is 56.3 Å². The van der Waals surface area contributed by atoms with Gasteiger partial charge in [0.2, 0.25) is 0 Å². The largest absolute Gasteiger partial charge is 0.466 e. The number of benzene rings is 1. The van der Waals surface area contributed by atoms with E-state index in [9.17, 15) is 9.59 Å². The van der Waals surface area contributed by atoms with Crippen molar-refractivity contribution in [3.05, 3.63) is 40.9 Å². The van der Waals surface area contributed by atoms with Gasteiger partial charge in [-0.05, 0) is 13.8 Å². The number of hydrogen-bond acceptors (Lipinski definition) is 5. The number of aryl methyl sites for hydroxylation is 1. The van der Waals surface area contributed by atoms with E-state index >= 15 is 0 Å². The molecule has 1 aromatic carbocycles. The number of ether oxygens (including phenoxy) is 1. The number of aromatic nitrogens is 1. The monoisotopic (exact) mass is 303 g/mol. The number of carbonyl (C=O) groups is 2. The Morgan fingerprint density at radius 2 is 1.95 bits per heavy atom. The summed E-state index contributed by atoms with van der Waals surface area (Å²) in [4.78, 5) is 28.6. The van der Waals surface area contributed by atoms with Crippen LogP contribution in [0.5, 0.6) is 0 Å². The van der Waals surface area contributed by atoms with Gasteiger partial charge in [0.25, 0.3) is 0 Å². The van der Waals surface area contributed by atoms with Gasteiger partial charge in [0.05, 0.1) is 12.3 Å². The van der Waals surface area contributed by atoms with Crippen molar-refractivity contribution in [1.82, 2.24) is 4.98 Å². The average molecular weight is 303 g/mol. The Labute approximate surface area is 127 Å². The fourth-order valence-corrected chi connectivity index (χ4v) is 3.01. The van der Waals surface area contributed by atoms with Gasteiger partial charge < -0.3 is 4.74 Å². The van der Waals surface area contributed by atoms with Gasteiger partial charge in [0.15, 0.2) is 0 Å². The first-order chi connectivity index (χ1) is 10.1. The summed E-state index contributed by atoms with van der Waals surface area (Å²) in [6.07, 6.45) is 0.0565. The zero-order chi connectivity index (χ0) is 15.2. The summed E-state index contributed by atoms with van der Waals surface area (Å²) >= 11 is 1.50. The van der Waals surface area contributed by atoms with Crippen LogP contribution in [0, 0.1) is 6.92 Å². The number of esters is 1. The van der Waals surface area contributed by atoms with Crippen molar-refractivity contribution >= 4 is 23.1 Å². The molecule has 0 aliphatic rings. The predicted octanol–water partition coefficient (Wildman–Crippen LogP) is 3.18. The molecule has 0 spiro atoms. The molecule has 0 atom stereocenters. The van der Waals surface area contributed by atoms with Crippen LogP contribution in [0.3, 0.4) is 0 Å². The van der Waals surface area contributed by atoms with Crippen molar-refractivity contribution in [3.63, 3.8) is 0 Å². The van der Waals surface area contributed by atoms with E-state index in [1.807, 2.05) is 37.3 Å². The summed E-state index contributed by atoms with van der Waals surface area (Å²) in [6, 6.07) is 9.84. The van der Waals surface area contributed by atoms with Crippen LogP contribution in [0.15, 0.2) is 30.3 Å². The van der Waals surface area contributed by atoms with Gasteiger partial charge >= 0.3 is 5.97 Å². The molecule has 0 unspecified atom stereocenters. The van der Waals surface area contributed by atoms with Crippen LogP contribution in [-0.2, 0) is 20.7 Å². The summed E-state index contributed by atoms with van der Waals surface area (Å²) in [5.74, 6) is -0.604.